The van der Waals surface area contributed by atoms with E-state index >= 15 is 0 Å². The number of carbonyl (C=O) groups excluding carboxylic acids is 1. The van der Waals surface area contributed by atoms with Crippen molar-refractivity contribution in [2.75, 3.05) is 31.6 Å². The van der Waals surface area contributed by atoms with Gasteiger partial charge in [0.1, 0.15) is 0 Å². The van der Waals surface area contributed by atoms with Crippen molar-refractivity contribution in [3.05, 3.63) is 29.3 Å². The van der Waals surface area contributed by atoms with Crippen LogP contribution in [0.1, 0.15) is 35.7 Å². The molecule has 1 unspecified atom stereocenters. The van der Waals surface area contributed by atoms with Crippen LogP contribution in [0.15, 0.2) is 18.2 Å². The highest BCUT2D eigenvalue weighted by atomic mass is 16.5. The number of hydrogen-bond donors (Lipinski definition) is 2. The van der Waals surface area contributed by atoms with Gasteiger partial charge < -0.3 is 15.4 Å². The van der Waals surface area contributed by atoms with Crippen molar-refractivity contribution in [2.45, 2.75) is 26.7 Å². The third-order valence-electron chi connectivity index (χ3n) is 3.59. The van der Waals surface area contributed by atoms with E-state index in [4.69, 9.17) is 4.74 Å². The second-order valence-electron chi connectivity index (χ2n) is 5.37. The van der Waals surface area contributed by atoms with Crippen LogP contribution in [-0.2, 0) is 4.74 Å². The Kier molecular flexibility index (Phi) is 5.41. The van der Waals surface area contributed by atoms with E-state index in [1.54, 1.807) is 0 Å². The summed E-state index contributed by atoms with van der Waals surface area (Å²) in [5.41, 5.74) is 2.78. The van der Waals surface area contributed by atoms with Gasteiger partial charge in [-0.3, -0.25) is 4.79 Å². The van der Waals surface area contributed by atoms with Crippen LogP contribution in [0.5, 0.6) is 0 Å². The van der Waals surface area contributed by atoms with E-state index in [9.17, 15) is 4.79 Å². The molecule has 1 saturated heterocycles. The summed E-state index contributed by atoms with van der Waals surface area (Å²) in [7, 11) is 0. The Balaban J connectivity index is 1.97. The first-order valence-corrected chi connectivity index (χ1v) is 7.41. The molecule has 110 valence electrons. The molecule has 0 aromatic heterocycles. The third-order valence-corrected chi connectivity index (χ3v) is 3.59. The SMILES string of the molecule is CCNc1cc(C)ccc1C(=O)NCC1CCCOC1. The van der Waals surface area contributed by atoms with Crippen LogP contribution < -0.4 is 10.6 Å². The predicted octanol–water partition coefficient (Wildman–Crippen LogP) is 2.58. The topological polar surface area (TPSA) is 50.4 Å². The van der Waals surface area contributed by atoms with E-state index in [1.807, 2.05) is 32.0 Å². The maximum atomic E-state index is 12.3. The van der Waals surface area contributed by atoms with E-state index in [0.29, 0.717) is 18.0 Å². The van der Waals surface area contributed by atoms with Gasteiger partial charge in [0.15, 0.2) is 0 Å². The Morgan fingerprint density at radius 3 is 3.00 bits per heavy atom. The van der Waals surface area contributed by atoms with Crippen molar-refractivity contribution >= 4 is 11.6 Å². The Hall–Kier alpha value is -1.55. The fourth-order valence-electron chi connectivity index (χ4n) is 2.49. The number of benzene rings is 1. The van der Waals surface area contributed by atoms with Crippen LogP contribution in [0, 0.1) is 12.8 Å². The summed E-state index contributed by atoms with van der Waals surface area (Å²) >= 11 is 0. The first-order chi connectivity index (χ1) is 9.70. The molecular weight excluding hydrogens is 252 g/mol. The Bertz CT molecular complexity index is 454. The molecule has 0 bridgehead atoms. The zero-order valence-corrected chi connectivity index (χ0v) is 12.4. The molecule has 1 aliphatic heterocycles. The minimum atomic E-state index is -0.00785. The number of anilines is 1. The van der Waals surface area contributed by atoms with Gasteiger partial charge >= 0.3 is 0 Å². The van der Waals surface area contributed by atoms with Gasteiger partial charge in [-0.05, 0) is 50.3 Å². The molecule has 2 N–H and O–H groups in total. The van der Waals surface area contributed by atoms with Gasteiger partial charge in [0.2, 0.25) is 0 Å². The fourth-order valence-corrected chi connectivity index (χ4v) is 2.49. The summed E-state index contributed by atoms with van der Waals surface area (Å²) in [6.45, 7) is 7.17. The number of rotatable bonds is 5. The Labute approximate surface area is 120 Å². The number of ether oxygens (including phenoxy) is 1. The zero-order valence-electron chi connectivity index (χ0n) is 12.4. The van der Waals surface area contributed by atoms with Crippen LogP contribution in [0.3, 0.4) is 0 Å². The summed E-state index contributed by atoms with van der Waals surface area (Å²) in [5, 5.41) is 6.28. The molecule has 20 heavy (non-hydrogen) atoms. The quantitative estimate of drug-likeness (QED) is 0.869. The summed E-state index contributed by atoms with van der Waals surface area (Å²) < 4.78 is 5.43. The highest BCUT2D eigenvalue weighted by Gasteiger charge is 2.16. The molecule has 2 rings (SSSR count). The second-order valence-corrected chi connectivity index (χ2v) is 5.37. The molecule has 0 radical (unpaired) electrons. The van der Waals surface area contributed by atoms with E-state index in [0.717, 1.165) is 43.9 Å². The lowest BCUT2D eigenvalue weighted by molar-refractivity contribution is 0.0536. The van der Waals surface area contributed by atoms with Crippen LogP contribution in [0.25, 0.3) is 0 Å². The average molecular weight is 276 g/mol. The molecule has 4 nitrogen and oxygen atoms in total. The fraction of sp³-hybridized carbons (Fsp3) is 0.562. The lowest BCUT2D eigenvalue weighted by Crippen LogP contribution is -2.33. The molecule has 1 fully saturated rings. The van der Waals surface area contributed by atoms with Crippen LogP contribution >= 0.6 is 0 Å². The maximum absolute atomic E-state index is 12.3. The molecule has 1 amide bonds. The van der Waals surface area contributed by atoms with Gasteiger partial charge in [-0.2, -0.15) is 0 Å². The average Bonchev–Trinajstić information content (AvgIpc) is 2.46. The Morgan fingerprint density at radius 2 is 2.30 bits per heavy atom. The van der Waals surface area contributed by atoms with Crippen molar-refractivity contribution in [3.63, 3.8) is 0 Å². The number of carbonyl (C=O) groups is 1. The van der Waals surface area contributed by atoms with Crippen molar-refractivity contribution in [1.29, 1.82) is 0 Å². The lowest BCUT2D eigenvalue weighted by atomic mass is 10.0. The molecule has 1 atom stereocenters. The minimum absolute atomic E-state index is 0.00785. The van der Waals surface area contributed by atoms with Gasteiger partial charge in [0.05, 0.1) is 12.2 Å². The van der Waals surface area contributed by atoms with Crippen molar-refractivity contribution in [3.8, 4) is 0 Å². The van der Waals surface area contributed by atoms with Gasteiger partial charge in [-0.1, -0.05) is 6.07 Å². The molecular formula is C16H24N2O2. The molecule has 0 spiro atoms. The third kappa shape index (κ3) is 3.97. The summed E-state index contributed by atoms with van der Waals surface area (Å²) in [5.74, 6) is 0.437. The van der Waals surface area contributed by atoms with Crippen LogP contribution in [0.4, 0.5) is 5.69 Å². The predicted molar refractivity (Wildman–Crippen MR) is 81.2 cm³/mol. The van der Waals surface area contributed by atoms with Gasteiger partial charge in [-0.25, -0.2) is 0 Å². The van der Waals surface area contributed by atoms with Gasteiger partial charge in [0.25, 0.3) is 5.91 Å². The molecule has 1 aliphatic rings. The summed E-state index contributed by atoms with van der Waals surface area (Å²) in [6.07, 6.45) is 2.22. The summed E-state index contributed by atoms with van der Waals surface area (Å²) in [4.78, 5) is 12.3. The standard InChI is InChI=1S/C16H24N2O2/c1-3-17-15-9-12(2)6-7-14(15)16(19)18-10-13-5-4-8-20-11-13/h6-7,9,13,17H,3-5,8,10-11H2,1-2H3,(H,18,19). The number of hydrogen-bond acceptors (Lipinski definition) is 3. The highest BCUT2D eigenvalue weighted by molar-refractivity contribution is 5.99. The number of amides is 1. The second kappa shape index (κ2) is 7.29. The van der Waals surface area contributed by atoms with Crippen LogP contribution in [-0.4, -0.2) is 32.2 Å². The molecule has 1 heterocycles. The zero-order chi connectivity index (χ0) is 14.4. The molecule has 0 saturated carbocycles. The molecule has 1 aromatic rings. The van der Waals surface area contributed by atoms with Gasteiger partial charge in [-0.15, -0.1) is 0 Å². The smallest absolute Gasteiger partial charge is 0.253 e. The lowest BCUT2D eigenvalue weighted by Gasteiger charge is -2.22. The van der Waals surface area contributed by atoms with E-state index in [2.05, 4.69) is 10.6 Å². The van der Waals surface area contributed by atoms with Crippen molar-refractivity contribution in [2.24, 2.45) is 5.92 Å². The van der Waals surface area contributed by atoms with E-state index < -0.39 is 0 Å². The van der Waals surface area contributed by atoms with Crippen molar-refractivity contribution < 1.29 is 9.53 Å². The molecule has 1 aromatic carbocycles. The number of nitrogens with one attached hydrogen (secondary N) is 2. The first kappa shape index (κ1) is 14.9. The van der Waals surface area contributed by atoms with Crippen LogP contribution in [0.2, 0.25) is 0 Å². The highest BCUT2D eigenvalue weighted by Crippen LogP contribution is 2.18. The van der Waals surface area contributed by atoms with Crippen molar-refractivity contribution in [1.82, 2.24) is 5.32 Å². The molecule has 0 aliphatic carbocycles. The molecule has 4 heteroatoms. The van der Waals surface area contributed by atoms with E-state index in [-0.39, 0.29) is 5.91 Å². The largest absolute Gasteiger partial charge is 0.385 e. The summed E-state index contributed by atoms with van der Waals surface area (Å²) in [6, 6.07) is 5.88. The number of aryl methyl sites for hydroxylation is 1. The normalized spacial score (nSPS) is 18.6. The monoisotopic (exact) mass is 276 g/mol. The minimum Gasteiger partial charge on any atom is -0.385 e. The van der Waals surface area contributed by atoms with E-state index in [1.165, 1.54) is 0 Å². The van der Waals surface area contributed by atoms with Gasteiger partial charge in [0, 0.05) is 25.4 Å². The maximum Gasteiger partial charge on any atom is 0.253 e. The Morgan fingerprint density at radius 1 is 1.45 bits per heavy atom. The first-order valence-electron chi connectivity index (χ1n) is 7.41.